The SMILES string of the molecule is c1ccc(-c2ccc(N(c3ccc4c(c3)oc3ccccc34)c3ccc4ccc5ccccc5c4c3)c3c2oc2ccccc23)cc1. The van der Waals surface area contributed by atoms with E-state index in [4.69, 9.17) is 8.83 Å². The van der Waals surface area contributed by atoms with Crippen LogP contribution in [0.4, 0.5) is 17.1 Å². The number of para-hydroxylation sites is 2. The van der Waals surface area contributed by atoms with E-state index in [9.17, 15) is 0 Å². The molecule has 2 aromatic heterocycles. The second-order valence-electron chi connectivity index (χ2n) is 12.1. The van der Waals surface area contributed by atoms with Gasteiger partial charge in [0.1, 0.15) is 22.3 Å². The van der Waals surface area contributed by atoms with E-state index < -0.39 is 0 Å². The topological polar surface area (TPSA) is 29.5 Å². The highest BCUT2D eigenvalue weighted by Crippen LogP contribution is 2.47. The lowest BCUT2D eigenvalue weighted by Crippen LogP contribution is -2.10. The Hall–Kier alpha value is -6.32. The van der Waals surface area contributed by atoms with Crippen molar-refractivity contribution in [3.05, 3.63) is 164 Å². The Kier molecular flexibility index (Phi) is 5.57. The fourth-order valence-electron chi connectivity index (χ4n) is 7.25. The third-order valence-corrected chi connectivity index (χ3v) is 9.44. The average Bonchev–Trinajstić information content (AvgIpc) is 3.71. The molecule has 8 aromatic carbocycles. The van der Waals surface area contributed by atoms with Crippen molar-refractivity contribution in [3.8, 4) is 11.1 Å². The molecule has 0 amide bonds. The van der Waals surface area contributed by atoms with Crippen molar-refractivity contribution in [1.29, 1.82) is 0 Å². The molecular formula is C44H27NO2. The third kappa shape index (κ3) is 4.00. The van der Waals surface area contributed by atoms with Crippen LogP contribution < -0.4 is 4.90 Å². The summed E-state index contributed by atoms with van der Waals surface area (Å²) in [5.41, 5.74) is 8.78. The number of hydrogen-bond donors (Lipinski definition) is 0. The first kappa shape index (κ1) is 26.0. The van der Waals surface area contributed by atoms with Crippen molar-refractivity contribution in [2.75, 3.05) is 4.90 Å². The van der Waals surface area contributed by atoms with Crippen LogP contribution in [0.2, 0.25) is 0 Å². The van der Waals surface area contributed by atoms with E-state index >= 15 is 0 Å². The van der Waals surface area contributed by atoms with Gasteiger partial charge in [0.25, 0.3) is 0 Å². The summed E-state index contributed by atoms with van der Waals surface area (Å²) in [5, 5.41) is 9.25. The van der Waals surface area contributed by atoms with E-state index in [2.05, 4.69) is 144 Å². The van der Waals surface area contributed by atoms with Crippen LogP contribution in [0.15, 0.2) is 173 Å². The zero-order valence-corrected chi connectivity index (χ0v) is 25.4. The summed E-state index contributed by atoms with van der Waals surface area (Å²) >= 11 is 0. The number of benzene rings is 8. The Labute approximate surface area is 270 Å². The van der Waals surface area contributed by atoms with Gasteiger partial charge in [-0.1, -0.05) is 109 Å². The first-order chi connectivity index (χ1) is 23.3. The summed E-state index contributed by atoms with van der Waals surface area (Å²) in [4.78, 5) is 2.35. The van der Waals surface area contributed by atoms with E-state index in [1.165, 1.54) is 21.5 Å². The Morgan fingerprint density at radius 1 is 0.383 bits per heavy atom. The van der Waals surface area contributed by atoms with Crippen LogP contribution in [0.3, 0.4) is 0 Å². The molecule has 220 valence electrons. The predicted molar refractivity (Wildman–Crippen MR) is 196 cm³/mol. The number of hydrogen-bond acceptors (Lipinski definition) is 3. The van der Waals surface area contributed by atoms with Gasteiger partial charge in [-0.15, -0.1) is 0 Å². The van der Waals surface area contributed by atoms with E-state index in [0.717, 1.165) is 72.1 Å². The Bertz CT molecular complexity index is 2810. The quantitative estimate of drug-likeness (QED) is 0.188. The number of rotatable bonds is 4. The van der Waals surface area contributed by atoms with Crippen LogP contribution >= 0.6 is 0 Å². The van der Waals surface area contributed by atoms with Crippen LogP contribution in [0.1, 0.15) is 0 Å². The highest BCUT2D eigenvalue weighted by Gasteiger charge is 2.23. The van der Waals surface area contributed by atoms with Crippen LogP contribution in [-0.4, -0.2) is 0 Å². The maximum absolute atomic E-state index is 6.69. The van der Waals surface area contributed by atoms with E-state index in [-0.39, 0.29) is 0 Å². The molecular weight excluding hydrogens is 574 g/mol. The smallest absolute Gasteiger partial charge is 0.145 e. The minimum absolute atomic E-state index is 0.856. The van der Waals surface area contributed by atoms with Gasteiger partial charge < -0.3 is 13.7 Å². The summed E-state index contributed by atoms with van der Waals surface area (Å²) in [6, 6.07) is 57.8. The van der Waals surface area contributed by atoms with Gasteiger partial charge in [-0.2, -0.15) is 0 Å². The van der Waals surface area contributed by atoms with Crippen LogP contribution in [0.5, 0.6) is 0 Å². The molecule has 0 bridgehead atoms. The number of anilines is 3. The molecule has 3 nitrogen and oxygen atoms in total. The van der Waals surface area contributed by atoms with Gasteiger partial charge in [-0.3, -0.25) is 0 Å². The first-order valence-electron chi connectivity index (χ1n) is 15.9. The number of fused-ring (bicyclic) bond motifs is 9. The first-order valence-corrected chi connectivity index (χ1v) is 15.9. The average molecular weight is 602 g/mol. The molecule has 10 rings (SSSR count). The Balaban J connectivity index is 1.30. The largest absolute Gasteiger partial charge is 0.456 e. The lowest BCUT2D eigenvalue weighted by molar-refractivity contribution is 0.669. The molecule has 0 radical (unpaired) electrons. The predicted octanol–water partition coefficient (Wildman–Crippen LogP) is 12.9. The monoisotopic (exact) mass is 601 g/mol. The number of furan rings is 2. The van der Waals surface area contributed by atoms with Crippen molar-refractivity contribution >= 4 is 82.5 Å². The van der Waals surface area contributed by atoms with E-state index in [0.29, 0.717) is 0 Å². The molecule has 0 spiro atoms. The van der Waals surface area contributed by atoms with Gasteiger partial charge in [0.05, 0.1) is 11.1 Å². The van der Waals surface area contributed by atoms with Crippen LogP contribution in [0, 0.1) is 0 Å². The lowest BCUT2D eigenvalue weighted by Gasteiger charge is -2.27. The Morgan fingerprint density at radius 2 is 1.00 bits per heavy atom. The normalized spacial score (nSPS) is 11.8. The van der Waals surface area contributed by atoms with E-state index in [1.807, 2.05) is 24.3 Å². The zero-order chi connectivity index (χ0) is 30.9. The van der Waals surface area contributed by atoms with Gasteiger partial charge in [0, 0.05) is 39.2 Å². The van der Waals surface area contributed by atoms with Gasteiger partial charge in [-0.05, 0) is 75.6 Å². The van der Waals surface area contributed by atoms with Crippen molar-refractivity contribution in [2.45, 2.75) is 0 Å². The van der Waals surface area contributed by atoms with Gasteiger partial charge in [0.2, 0.25) is 0 Å². The maximum Gasteiger partial charge on any atom is 0.145 e. The molecule has 0 aliphatic carbocycles. The highest BCUT2D eigenvalue weighted by atomic mass is 16.3. The third-order valence-electron chi connectivity index (χ3n) is 9.44. The standard InChI is InChI=1S/C44H27NO2/c1-2-10-28(11-3-1)34-24-25-39(43-37-15-7-9-17-41(37)47-44(34)43)45(32-22-23-36-35-14-6-8-16-40(35)46-42(36)27-32)31-21-20-30-19-18-29-12-4-5-13-33(29)38(30)26-31/h1-27H. The molecule has 47 heavy (non-hydrogen) atoms. The molecule has 0 aliphatic heterocycles. The molecule has 0 atom stereocenters. The molecule has 3 heteroatoms. The molecule has 0 N–H and O–H groups in total. The second kappa shape index (κ2) is 10.1. The summed E-state index contributed by atoms with van der Waals surface area (Å²) in [6.07, 6.45) is 0. The van der Waals surface area contributed by atoms with Crippen molar-refractivity contribution in [3.63, 3.8) is 0 Å². The lowest BCUT2D eigenvalue weighted by atomic mass is 9.98. The van der Waals surface area contributed by atoms with Crippen LogP contribution in [0.25, 0.3) is 76.5 Å². The summed E-state index contributed by atoms with van der Waals surface area (Å²) < 4.78 is 13.1. The molecule has 0 aliphatic rings. The maximum atomic E-state index is 6.69. The van der Waals surface area contributed by atoms with Gasteiger partial charge >= 0.3 is 0 Å². The minimum atomic E-state index is 0.856. The van der Waals surface area contributed by atoms with Crippen molar-refractivity contribution < 1.29 is 8.83 Å². The van der Waals surface area contributed by atoms with E-state index in [1.54, 1.807) is 0 Å². The summed E-state index contributed by atoms with van der Waals surface area (Å²) in [5.74, 6) is 0. The molecule has 0 fully saturated rings. The van der Waals surface area contributed by atoms with Gasteiger partial charge in [-0.25, -0.2) is 0 Å². The number of nitrogens with zero attached hydrogens (tertiary/aromatic N) is 1. The van der Waals surface area contributed by atoms with Crippen molar-refractivity contribution in [1.82, 2.24) is 0 Å². The fraction of sp³-hybridized carbons (Fsp3) is 0. The Morgan fingerprint density at radius 3 is 1.85 bits per heavy atom. The fourth-order valence-corrected chi connectivity index (χ4v) is 7.25. The van der Waals surface area contributed by atoms with Crippen LogP contribution in [-0.2, 0) is 0 Å². The zero-order valence-electron chi connectivity index (χ0n) is 25.4. The second-order valence-corrected chi connectivity index (χ2v) is 12.1. The molecule has 0 saturated heterocycles. The molecule has 0 unspecified atom stereocenters. The minimum Gasteiger partial charge on any atom is -0.456 e. The molecule has 0 saturated carbocycles. The summed E-state index contributed by atoms with van der Waals surface area (Å²) in [6.45, 7) is 0. The highest BCUT2D eigenvalue weighted by molar-refractivity contribution is 6.18. The summed E-state index contributed by atoms with van der Waals surface area (Å²) in [7, 11) is 0. The molecule has 10 aromatic rings. The van der Waals surface area contributed by atoms with Crippen molar-refractivity contribution in [2.24, 2.45) is 0 Å². The van der Waals surface area contributed by atoms with Gasteiger partial charge in [0.15, 0.2) is 0 Å². The molecule has 2 heterocycles.